The van der Waals surface area contributed by atoms with Crippen molar-refractivity contribution in [3.05, 3.63) is 58.1 Å². The number of nitrogens with one attached hydrogen (secondary N) is 2. The Labute approximate surface area is 145 Å². The smallest absolute Gasteiger partial charge is 0.0717 e. The SMILES string of the molecule is Brc1ccc2c(c1)[nH]c1c3[nH]c4ccccc4c3c3c(c21)CN=C3. The van der Waals surface area contributed by atoms with Gasteiger partial charge in [-0.25, -0.2) is 0 Å². The van der Waals surface area contributed by atoms with Gasteiger partial charge in [-0.15, -0.1) is 0 Å². The summed E-state index contributed by atoms with van der Waals surface area (Å²) in [6, 6.07) is 14.9. The van der Waals surface area contributed by atoms with E-state index in [0.29, 0.717) is 0 Å². The lowest BCUT2D eigenvalue weighted by Gasteiger charge is -2.04. The molecule has 0 radical (unpaired) electrons. The molecule has 3 nitrogen and oxygen atoms in total. The van der Waals surface area contributed by atoms with E-state index in [9.17, 15) is 0 Å². The van der Waals surface area contributed by atoms with Crippen LogP contribution < -0.4 is 0 Å². The van der Waals surface area contributed by atoms with E-state index in [1.165, 1.54) is 49.2 Å². The van der Waals surface area contributed by atoms with Gasteiger partial charge in [0.2, 0.25) is 0 Å². The van der Waals surface area contributed by atoms with Crippen LogP contribution in [0.2, 0.25) is 0 Å². The number of H-pyrrole nitrogens is 2. The van der Waals surface area contributed by atoms with Gasteiger partial charge in [0.1, 0.15) is 0 Å². The van der Waals surface area contributed by atoms with Crippen LogP contribution in [0.1, 0.15) is 11.1 Å². The van der Waals surface area contributed by atoms with Crippen LogP contribution in [0.5, 0.6) is 0 Å². The standard InChI is InChI=1S/C20H12BrN3/c21-10-5-6-12-16(7-10)24-20-18(12)14-9-22-8-13(14)17-11-3-1-2-4-15(11)23-19(17)20/h1-8,23-24H,9H2. The zero-order valence-corrected chi connectivity index (χ0v) is 14.2. The molecule has 3 heterocycles. The molecule has 2 N–H and O–H groups in total. The van der Waals surface area contributed by atoms with Gasteiger partial charge in [-0.05, 0) is 23.8 Å². The van der Waals surface area contributed by atoms with Crippen molar-refractivity contribution >= 4 is 65.8 Å². The highest BCUT2D eigenvalue weighted by molar-refractivity contribution is 9.10. The first-order valence-corrected chi connectivity index (χ1v) is 8.76. The summed E-state index contributed by atoms with van der Waals surface area (Å²) in [5, 5.41) is 5.10. The molecule has 0 aliphatic carbocycles. The maximum atomic E-state index is 4.58. The first-order valence-electron chi connectivity index (χ1n) is 7.97. The number of aromatic nitrogens is 2. The normalized spacial score (nSPS) is 13.7. The van der Waals surface area contributed by atoms with E-state index < -0.39 is 0 Å². The molecule has 0 amide bonds. The van der Waals surface area contributed by atoms with Gasteiger partial charge in [-0.2, -0.15) is 0 Å². The van der Waals surface area contributed by atoms with Gasteiger partial charge in [0.25, 0.3) is 0 Å². The molecule has 3 aromatic carbocycles. The van der Waals surface area contributed by atoms with E-state index in [1.54, 1.807) is 0 Å². The molecule has 0 saturated heterocycles. The minimum absolute atomic E-state index is 0.754. The number of nitrogens with zero attached hydrogens (tertiary/aromatic N) is 1. The number of hydrogen-bond acceptors (Lipinski definition) is 1. The Morgan fingerprint density at radius 3 is 2.62 bits per heavy atom. The van der Waals surface area contributed by atoms with Crippen molar-refractivity contribution in [2.75, 3.05) is 0 Å². The second-order valence-corrected chi connectivity index (χ2v) is 7.26. The first-order chi connectivity index (χ1) is 11.8. The van der Waals surface area contributed by atoms with Gasteiger partial charge >= 0.3 is 0 Å². The molecule has 114 valence electrons. The molecule has 0 bridgehead atoms. The van der Waals surface area contributed by atoms with Crippen molar-refractivity contribution in [1.29, 1.82) is 0 Å². The molecule has 5 aromatic rings. The fraction of sp³-hybridized carbons (Fsp3) is 0.0500. The molecule has 0 fully saturated rings. The first kappa shape index (κ1) is 12.8. The molecule has 0 unspecified atom stereocenters. The molecule has 4 heteroatoms. The highest BCUT2D eigenvalue weighted by atomic mass is 79.9. The number of aliphatic imine (C=N–C) groups is 1. The Morgan fingerprint density at radius 2 is 1.67 bits per heavy atom. The highest BCUT2D eigenvalue weighted by Gasteiger charge is 2.22. The van der Waals surface area contributed by atoms with Crippen LogP contribution in [0, 0.1) is 0 Å². The summed E-state index contributed by atoms with van der Waals surface area (Å²) in [6.45, 7) is 0.754. The number of benzene rings is 3. The van der Waals surface area contributed by atoms with Crippen molar-refractivity contribution in [3.8, 4) is 0 Å². The largest absolute Gasteiger partial charge is 0.353 e. The average molecular weight is 374 g/mol. The van der Waals surface area contributed by atoms with Crippen LogP contribution >= 0.6 is 15.9 Å². The summed E-state index contributed by atoms with van der Waals surface area (Å²) in [5.74, 6) is 0. The summed E-state index contributed by atoms with van der Waals surface area (Å²) < 4.78 is 1.09. The topological polar surface area (TPSA) is 43.9 Å². The molecule has 0 saturated carbocycles. The summed E-state index contributed by atoms with van der Waals surface area (Å²) >= 11 is 3.58. The number of hydrogen-bond donors (Lipinski definition) is 2. The van der Waals surface area contributed by atoms with E-state index in [-0.39, 0.29) is 0 Å². The van der Waals surface area contributed by atoms with E-state index in [2.05, 4.69) is 73.4 Å². The number of halogens is 1. The third-order valence-corrected chi connectivity index (χ3v) is 5.58. The molecule has 1 aliphatic heterocycles. The van der Waals surface area contributed by atoms with Gasteiger partial charge in [-0.3, -0.25) is 4.99 Å². The molecular formula is C20H12BrN3. The summed E-state index contributed by atoms with van der Waals surface area (Å²) in [4.78, 5) is 11.8. The molecule has 0 atom stereocenters. The van der Waals surface area contributed by atoms with Crippen molar-refractivity contribution in [2.45, 2.75) is 6.54 Å². The molecule has 1 aliphatic rings. The Balaban J connectivity index is 1.97. The third-order valence-electron chi connectivity index (χ3n) is 5.08. The lowest BCUT2D eigenvalue weighted by molar-refractivity contribution is 1.13. The van der Waals surface area contributed by atoms with Gasteiger partial charge in [0.15, 0.2) is 0 Å². The quantitative estimate of drug-likeness (QED) is 0.352. The monoisotopic (exact) mass is 373 g/mol. The molecule has 24 heavy (non-hydrogen) atoms. The predicted molar refractivity (Wildman–Crippen MR) is 104 cm³/mol. The predicted octanol–water partition coefficient (Wildman–Crippen LogP) is 5.65. The van der Waals surface area contributed by atoms with Crippen LogP contribution in [-0.2, 0) is 6.54 Å². The lowest BCUT2D eigenvalue weighted by atomic mass is 9.97. The van der Waals surface area contributed by atoms with E-state index in [1.807, 2.05) is 6.21 Å². The maximum absolute atomic E-state index is 4.58. The second kappa shape index (κ2) is 4.28. The molecule has 0 spiro atoms. The number of rotatable bonds is 0. The minimum Gasteiger partial charge on any atom is -0.353 e. The van der Waals surface area contributed by atoms with Gasteiger partial charge in [-0.1, -0.05) is 40.2 Å². The van der Waals surface area contributed by atoms with Gasteiger partial charge in [0.05, 0.1) is 17.6 Å². The van der Waals surface area contributed by atoms with E-state index in [4.69, 9.17) is 0 Å². The Morgan fingerprint density at radius 1 is 0.875 bits per heavy atom. The summed E-state index contributed by atoms with van der Waals surface area (Å²) in [6.07, 6.45) is 2.04. The summed E-state index contributed by atoms with van der Waals surface area (Å²) in [5.41, 5.74) is 7.26. The lowest BCUT2D eigenvalue weighted by Crippen LogP contribution is -1.88. The van der Waals surface area contributed by atoms with E-state index in [0.717, 1.165) is 16.5 Å². The van der Waals surface area contributed by atoms with Crippen LogP contribution in [0.4, 0.5) is 0 Å². The van der Waals surface area contributed by atoms with Crippen LogP contribution in [0.15, 0.2) is 51.9 Å². The third kappa shape index (κ3) is 1.45. The van der Waals surface area contributed by atoms with Crippen molar-refractivity contribution < 1.29 is 0 Å². The average Bonchev–Trinajstić information content (AvgIpc) is 3.27. The minimum atomic E-state index is 0.754. The number of fused-ring (bicyclic) bond motifs is 10. The zero-order valence-electron chi connectivity index (χ0n) is 12.7. The number of aromatic amines is 2. The van der Waals surface area contributed by atoms with Crippen LogP contribution in [0.3, 0.4) is 0 Å². The van der Waals surface area contributed by atoms with Crippen molar-refractivity contribution in [1.82, 2.24) is 9.97 Å². The Bertz CT molecular complexity index is 1340. The second-order valence-electron chi connectivity index (χ2n) is 6.35. The highest BCUT2D eigenvalue weighted by Crippen LogP contribution is 2.41. The zero-order chi connectivity index (χ0) is 15.8. The van der Waals surface area contributed by atoms with Crippen LogP contribution in [0.25, 0.3) is 43.6 Å². The maximum Gasteiger partial charge on any atom is 0.0717 e. The van der Waals surface area contributed by atoms with Gasteiger partial charge < -0.3 is 9.97 Å². The summed E-state index contributed by atoms with van der Waals surface area (Å²) in [7, 11) is 0. The van der Waals surface area contributed by atoms with Crippen molar-refractivity contribution in [3.63, 3.8) is 0 Å². The van der Waals surface area contributed by atoms with Crippen molar-refractivity contribution in [2.24, 2.45) is 4.99 Å². The molecular weight excluding hydrogens is 362 g/mol. The molecule has 2 aromatic heterocycles. The van der Waals surface area contributed by atoms with Gasteiger partial charge in [0, 0.05) is 48.8 Å². The fourth-order valence-corrected chi connectivity index (χ4v) is 4.46. The molecule has 6 rings (SSSR count). The van der Waals surface area contributed by atoms with E-state index >= 15 is 0 Å². The van der Waals surface area contributed by atoms with Crippen LogP contribution in [-0.4, -0.2) is 16.2 Å². The number of para-hydroxylation sites is 1. The Hall–Kier alpha value is -2.59. The fourth-order valence-electron chi connectivity index (χ4n) is 4.10. The Kier molecular flexibility index (Phi) is 2.28.